The fourth-order valence-electron chi connectivity index (χ4n) is 3.32. The van der Waals surface area contributed by atoms with Gasteiger partial charge >= 0.3 is 0 Å². The molecule has 2 heteroatoms. The zero-order valence-corrected chi connectivity index (χ0v) is 12.0. The fourth-order valence-corrected chi connectivity index (χ4v) is 4.29. The molecule has 0 aliphatic heterocycles. The number of hydrogen-bond acceptors (Lipinski definition) is 2. The highest BCUT2D eigenvalue weighted by Gasteiger charge is 2.35. The molecule has 3 aromatic rings. The van der Waals surface area contributed by atoms with Crippen molar-refractivity contribution in [1.82, 2.24) is 0 Å². The molecular weight excluding hydrogens is 264 g/mol. The van der Waals surface area contributed by atoms with Crippen molar-refractivity contribution < 1.29 is 5.11 Å². The van der Waals surface area contributed by atoms with E-state index >= 15 is 0 Å². The summed E-state index contributed by atoms with van der Waals surface area (Å²) in [5, 5.41) is 14.4. The van der Waals surface area contributed by atoms with Gasteiger partial charge in [0.1, 0.15) is 0 Å². The molecule has 20 heavy (non-hydrogen) atoms. The SMILES string of the molecule is OC1(Cc2csc3ccccc23)Cc2ccccc2C1. The van der Waals surface area contributed by atoms with Crippen molar-refractivity contribution in [3.05, 3.63) is 70.6 Å². The predicted octanol–water partition coefficient (Wildman–Crippen LogP) is 3.97. The van der Waals surface area contributed by atoms with Crippen LogP contribution in [0.3, 0.4) is 0 Å². The lowest BCUT2D eigenvalue weighted by Crippen LogP contribution is -2.31. The van der Waals surface area contributed by atoms with Crippen LogP contribution in [0.15, 0.2) is 53.9 Å². The maximum atomic E-state index is 10.9. The molecule has 1 aliphatic rings. The van der Waals surface area contributed by atoms with Crippen LogP contribution >= 0.6 is 11.3 Å². The summed E-state index contributed by atoms with van der Waals surface area (Å²) >= 11 is 1.77. The number of benzene rings is 2. The molecule has 0 unspecified atom stereocenters. The maximum Gasteiger partial charge on any atom is 0.0768 e. The molecule has 0 bridgehead atoms. The van der Waals surface area contributed by atoms with Gasteiger partial charge in [0.15, 0.2) is 0 Å². The second kappa shape index (κ2) is 4.44. The largest absolute Gasteiger partial charge is 0.389 e. The first kappa shape index (κ1) is 12.1. The van der Waals surface area contributed by atoms with Crippen molar-refractivity contribution in [1.29, 1.82) is 0 Å². The molecule has 0 spiro atoms. The average Bonchev–Trinajstić information content (AvgIpc) is 2.99. The Balaban J connectivity index is 1.67. The Hall–Kier alpha value is -1.64. The normalized spacial score (nSPS) is 16.4. The Morgan fingerprint density at radius 3 is 2.35 bits per heavy atom. The molecule has 1 N–H and O–H groups in total. The molecule has 1 heterocycles. The van der Waals surface area contributed by atoms with Crippen LogP contribution in [-0.2, 0) is 19.3 Å². The van der Waals surface area contributed by atoms with Crippen LogP contribution in [0.5, 0.6) is 0 Å². The van der Waals surface area contributed by atoms with E-state index in [4.69, 9.17) is 0 Å². The van der Waals surface area contributed by atoms with Gasteiger partial charge in [-0.15, -0.1) is 11.3 Å². The second-order valence-electron chi connectivity index (χ2n) is 5.78. The summed E-state index contributed by atoms with van der Waals surface area (Å²) in [4.78, 5) is 0. The van der Waals surface area contributed by atoms with E-state index in [0.29, 0.717) is 0 Å². The summed E-state index contributed by atoms with van der Waals surface area (Å²) < 4.78 is 1.31. The van der Waals surface area contributed by atoms with E-state index in [1.54, 1.807) is 11.3 Å². The average molecular weight is 280 g/mol. The second-order valence-corrected chi connectivity index (χ2v) is 6.69. The van der Waals surface area contributed by atoms with Gasteiger partial charge in [-0.05, 0) is 33.5 Å². The minimum Gasteiger partial charge on any atom is -0.389 e. The van der Waals surface area contributed by atoms with Crippen molar-refractivity contribution in [2.24, 2.45) is 0 Å². The molecule has 0 amide bonds. The van der Waals surface area contributed by atoms with Crippen molar-refractivity contribution >= 4 is 21.4 Å². The standard InChI is InChI=1S/C18H16OS/c19-18(9-13-5-1-2-6-14(13)10-18)11-15-12-20-17-8-4-3-7-16(15)17/h1-8,12,19H,9-11H2. The molecule has 0 atom stereocenters. The van der Waals surface area contributed by atoms with Gasteiger partial charge in [0.05, 0.1) is 5.60 Å². The zero-order chi connectivity index (χ0) is 13.6. The van der Waals surface area contributed by atoms with E-state index in [1.165, 1.54) is 26.8 Å². The highest BCUT2D eigenvalue weighted by molar-refractivity contribution is 7.17. The highest BCUT2D eigenvalue weighted by Crippen LogP contribution is 2.35. The molecular formula is C18H16OS. The first-order valence-electron chi connectivity index (χ1n) is 6.98. The molecule has 0 radical (unpaired) electrons. The fraction of sp³-hybridized carbons (Fsp3) is 0.222. The Kier molecular flexibility index (Phi) is 2.69. The Morgan fingerprint density at radius 1 is 0.950 bits per heavy atom. The first-order chi connectivity index (χ1) is 9.73. The minimum atomic E-state index is -0.618. The molecule has 0 saturated carbocycles. The summed E-state index contributed by atoms with van der Waals surface area (Å²) in [6.45, 7) is 0. The molecule has 4 rings (SSSR count). The van der Waals surface area contributed by atoms with E-state index in [0.717, 1.165) is 19.3 Å². The molecule has 2 aromatic carbocycles. The summed E-state index contributed by atoms with van der Waals surface area (Å²) in [6, 6.07) is 16.9. The topological polar surface area (TPSA) is 20.2 Å². The lowest BCUT2D eigenvalue weighted by Gasteiger charge is -2.21. The molecule has 1 nitrogen and oxygen atoms in total. The third-order valence-corrected chi connectivity index (χ3v) is 5.25. The smallest absolute Gasteiger partial charge is 0.0768 e. The monoisotopic (exact) mass is 280 g/mol. The molecule has 0 saturated heterocycles. The van der Waals surface area contributed by atoms with Gasteiger partial charge < -0.3 is 5.11 Å². The van der Waals surface area contributed by atoms with Gasteiger partial charge in [-0.25, -0.2) is 0 Å². The van der Waals surface area contributed by atoms with E-state index < -0.39 is 5.60 Å². The summed E-state index contributed by atoms with van der Waals surface area (Å²) in [5.41, 5.74) is 3.26. The van der Waals surface area contributed by atoms with Crippen LogP contribution in [0, 0.1) is 0 Å². The zero-order valence-electron chi connectivity index (χ0n) is 11.2. The van der Waals surface area contributed by atoms with Crippen LogP contribution in [0.2, 0.25) is 0 Å². The number of hydrogen-bond donors (Lipinski definition) is 1. The summed E-state index contributed by atoms with van der Waals surface area (Å²) in [7, 11) is 0. The Morgan fingerprint density at radius 2 is 1.60 bits per heavy atom. The van der Waals surface area contributed by atoms with E-state index in [1.807, 2.05) is 0 Å². The van der Waals surface area contributed by atoms with Crippen molar-refractivity contribution in [3.63, 3.8) is 0 Å². The third-order valence-electron chi connectivity index (χ3n) is 4.24. The number of rotatable bonds is 2. The summed E-state index contributed by atoms with van der Waals surface area (Å²) in [5.74, 6) is 0. The van der Waals surface area contributed by atoms with Crippen LogP contribution < -0.4 is 0 Å². The molecule has 0 fully saturated rings. The number of thiophene rings is 1. The van der Waals surface area contributed by atoms with Crippen molar-refractivity contribution in [3.8, 4) is 0 Å². The van der Waals surface area contributed by atoms with Gasteiger partial charge in [0, 0.05) is 24.0 Å². The Labute approximate surface area is 122 Å². The van der Waals surface area contributed by atoms with Crippen molar-refractivity contribution in [2.45, 2.75) is 24.9 Å². The number of fused-ring (bicyclic) bond motifs is 2. The van der Waals surface area contributed by atoms with Gasteiger partial charge in [-0.2, -0.15) is 0 Å². The third kappa shape index (κ3) is 1.96. The van der Waals surface area contributed by atoms with Crippen LogP contribution in [0.4, 0.5) is 0 Å². The van der Waals surface area contributed by atoms with E-state index in [9.17, 15) is 5.11 Å². The number of aliphatic hydroxyl groups is 1. The maximum absolute atomic E-state index is 10.9. The predicted molar refractivity (Wildman–Crippen MR) is 84.3 cm³/mol. The molecule has 100 valence electrons. The van der Waals surface area contributed by atoms with Crippen LogP contribution in [-0.4, -0.2) is 10.7 Å². The lowest BCUT2D eigenvalue weighted by atomic mass is 9.91. The molecule has 1 aromatic heterocycles. The van der Waals surface area contributed by atoms with E-state index in [2.05, 4.69) is 53.9 Å². The van der Waals surface area contributed by atoms with Crippen LogP contribution in [0.25, 0.3) is 10.1 Å². The van der Waals surface area contributed by atoms with Gasteiger partial charge in [0.25, 0.3) is 0 Å². The first-order valence-corrected chi connectivity index (χ1v) is 7.86. The minimum absolute atomic E-state index is 0.618. The van der Waals surface area contributed by atoms with Crippen LogP contribution in [0.1, 0.15) is 16.7 Å². The van der Waals surface area contributed by atoms with Gasteiger partial charge in [0.2, 0.25) is 0 Å². The van der Waals surface area contributed by atoms with E-state index in [-0.39, 0.29) is 0 Å². The van der Waals surface area contributed by atoms with Crippen molar-refractivity contribution in [2.75, 3.05) is 0 Å². The highest BCUT2D eigenvalue weighted by atomic mass is 32.1. The van der Waals surface area contributed by atoms with Gasteiger partial charge in [-0.3, -0.25) is 0 Å². The lowest BCUT2D eigenvalue weighted by molar-refractivity contribution is 0.0522. The molecule has 1 aliphatic carbocycles. The summed E-state index contributed by atoms with van der Waals surface area (Å²) in [6.07, 6.45) is 2.28. The quantitative estimate of drug-likeness (QED) is 0.753. The van der Waals surface area contributed by atoms with Gasteiger partial charge in [-0.1, -0.05) is 42.5 Å². The Bertz CT molecular complexity index is 747.